The first-order chi connectivity index (χ1) is 31.7. The Hall–Kier alpha value is -4.79. The van der Waals surface area contributed by atoms with Crippen LogP contribution in [0.15, 0.2) is 66.3 Å². The van der Waals surface area contributed by atoms with Crippen molar-refractivity contribution >= 4 is 74.6 Å². The fourth-order valence-corrected chi connectivity index (χ4v) is 10.4. The predicted octanol–water partition coefficient (Wildman–Crippen LogP) is 4.89. The number of rotatable bonds is 16. The lowest BCUT2D eigenvalue weighted by Gasteiger charge is -2.42. The number of likely N-dealkylation sites (N-methyl/N-ethyl adjacent to an activating group) is 1. The minimum Gasteiger partial charge on any atom is -0.495 e. The highest BCUT2D eigenvalue weighted by Gasteiger charge is 2.64. The van der Waals surface area contributed by atoms with Gasteiger partial charge in [0.1, 0.15) is 46.8 Å². The summed E-state index contributed by atoms with van der Waals surface area (Å²) in [6, 6.07) is 10.9. The summed E-state index contributed by atoms with van der Waals surface area (Å²) in [5.74, 6) is -1.96. The van der Waals surface area contributed by atoms with Crippen LogP contribution in [0.25, 0.3) is 0 Å². The van der Waals surface area contributed by atoms with E-state index in [1.807, 2.05) is 43.3 Å². The molecule has 5 N–H and O–H groups in total. The Kier molecular flexibility index (Phi) is 18.6. The smallest absolute Gasteiger partial charge is 0.409 e. The number of epoxide rings is 1. The van der Waals surface area contributed by atoms with Crippen molar-refractivity contribution in [2.24, 2.45) is 11.7 Å². The molecule has 0 aliphatic carbocycles. The molecule has 5 amide bonds. The summed E-state index contributed by atoms with van der Waals surface area (Å²) in [5, 5.41) is 17.2. The van der Waals surface area contributed by atoms with E-state index < -0.39 is 77.6 Å². The molecule has 2 fully saturated rings. The normalized spacial score (nSPS) is 27.4. The Balaban J connectivity index is 1.27. The number of amides is 5. The maximum Gasteiger partial charge on any atom is 0.409 e. The van der Waals surface area contributed by atoms with Crippen LogP contribution in [0.4, 0.5) is 10.5 Å². The maximum absolute atomic E-state index is 14.3. The first kappa shape index (κ1) is 53.2. The molecule has 0 radical (unpaired) electrons. The Bertz CT molecular complexity index is 2200. The summed E-state index contributed by atoms with van der Waals surface area (Å²) in [4.78, 5) is 81.8. The van der Waals surface area contributed by atoms with Crippen molar-refractivity contribution in [3.8, 4) is 5.75 Å². The Morgan fingerprint density at radius 1 is 1.12 bits per heavy atom. The first-order valence-corrected chi connectivity index (χ1v) is 24.8. The zero-order chi connectivity index (χ0) is 49.2. The van der Waals surface area contributed by atoms with Gasteiger partial charge in [-0.3, -0.25) is 24.5 Å². The average molecular weight is 989 g/mol. The summed E-state index contributed by atoms with van der Waals surface area (Å²) >= 11 is 6.80. The van der Waals surface area contributed by atoms with Gasteiger partial charge in [-0.2, -0.15) is 0 Å². The Morgan fingerprint density at radius 2 is 1.81 bits per heavy atom. The third-order valence-electron chi connectivity index (χ3n) is 12.4. The lowest BCUT2D eigenvalue weighted by molar-refractivity contribution is -0.162. The number of carbonyl (C=O) groups excluding carboxylic acids is 6. The van der Waals surface area contributed by atoms with Crippen LogP contribution in [0, 0.1) is 5.92 Å². The van der Waals surface area contributed by atoms with Crippen molar-refractivity contribution in [2.45, 2.75) is 114 Å². The molecule has 67 heavy (non-hydrogen) atoms. The van der Waals surface area contributed by atoms with Gasteiger partial charge in [-0.1, -0.05) is 94.2 Å². The molecule has 9 atom stereocenters. The average Bonchev–Trinajstić information content (AvgIpc) is 3.99. The van der Waals surface area contributed by atoms with Crippen LogP contribution in [-0.4, -0.2) is 133 Å². The highest BCUT2D eigenvalue weighted by atomic mass is 35.5. The fraction of sp³-hybridized carbons (Fsp3) is 0.532. The number of hydrogen-bond donors (Lipinski definition) is 4. The number of hydrogen-bond acceptors (Lipinski definition) is 14. The van der Waals surface area contributed by atoms with E-state index in [-0.39, 0.29) is 48.9 Å². The third-order valence-corrected chi connectivity index (χ3v) is 15.2. The van der Waals surface area contributed by atoms with Gasteiger partial charge in [0.05, 0.1) is 25.3 Å². The molecule has 3 heterocycles. The molecule has 3 aliphatic rings. The Labute approximate surface area is 404 Å². The lowest BCUT2D eigenvalue weighted by Crippen LogP contribution is -2.63. The summed E-state index contributed by atoms with van der Waals surface area (Å²) in [6.07, 6.45) is 1.07. The SMILES string of the molecule is COc1cc2cc(c1Cl)N(C)C(=O)C[C@H](OC(=O)[C@H](C)N(C)C(=O)CCSSCCC(=O)N[C@H](Cc1ccccc1)C(N)=O)[C@]1(C)O[C@H]1[C@H](C)[C@@H]1C[C@@](O)(NC(=O)O1)[C@H](OC)/C=C/C=C(\C)C2. The van der Waals surface area contributed by atoms with E-state index in [9.17, 15) is 33.9 Å². The molecule has 17 nitrogen and oxygen atoms in total. The molecule has 2 aromatic carbocycles. The number of alkyl carbamates (subject to hydrolysis) is 1. The number of esters is 1. The van der Waals surface area contributed by atoms with Crippen LogP contribution < -0.4 is 26.0 Å². The summed E-state index contributed by atoms with van der Waals surface area (Å²) in [7, 11) is 8.72. The number of fused-ring (bicyclic) bond motifs is 5. The lowest BCUT2D eigenvalue weighted by atomic mass is 9.83. The number of nitrogens with zero attached hydrogens (tertiary/aromatic N) is 2. The molecule has 2 aromatic rings. The van der Waals surface area contributed by atoms with Gasteiger partial charge in [0.2, 0.25) is 23.6 Å². The van der Waals surface area contributed by atoms with E-state index in [0.29, 0.717) is 29.4 Å². The highest BCUT2D eigenvalue weighted by molar-refractivity contribution is 8.76. The van der Waals surface area contributed by atoms with Crippen LogP contribution in [0.5, 0.6) is 5.75 Å². The van der Waals surface area contributed by atoms with Gasteiger partial charge in [0, 0.05) is 64.3 Å². The van der Waals surface area contributed by atoms with Crippen molar-refractivity contribution in [2.75, 3.05) is 44.7 Å². The van der Waals surface area contributed by atoms with Gasteiger partial charge in [0.25, 0.3) is 0 Å². The highest BCUT2D eigenvalue weighted by Crippen LogP contribution is 2.49. The molecular weight excluding hydrogens is 926 g/mol. The molecule has 0 saturated carbocycles. The first-order valence-electron chi connectivity index (χ1n) is 21.9. The zero-order valence-corrected chi connectivity index (χ0v) is 41.5. The van der Waals surface area contributed by atoms with E-state index in [2.05, 4.69) is 10.6 Å². The number of anilines is 1. The second-order valence-corrected chi connectivity index (χ2v) is 20.3. The van der Waals surface area contributed by atoms with Crippen LogP contribution in [-0.2, 0) is 55.8 Å². The van der Waals surface area contributed by atoms with Gasteiger partial charge in [-0.25, -0.2) is 9.59 Å². The molecule has 366 valence electrons. The number of methoxy groups -OCH3 is 2. The van der Waals surface area contributed by atoms with Crippen molar-refractivity contribution in [1.29, 1.82) is 0 Å². The molecule has 2 saturated heterocycles. The molecule has 0 aromatic heterocycles. The van der Waals surface area contributed by atoms with Crippen LogP contribution >= 0.6 is 33.2 Å². The summed E-state index contributed by atoms with van der Waals surface area (Å²) in [6.45, 7) is 6.91. The standard InChI is InChI=1S/C47H62ClN5O12S2/c1-27-13-12-16-36(62-8)47(60)26-35(63-45(59)51-47)28(2)42-46(4,65-42)37(25-40(56)53(6)33-23-31(21-27)24-34(61-7)41(33)48)64-44(58)29(3)52(5)39(55)18-20-67-66-19-17-38(54)50-32(43(49)57)22-30-14-10-9-11-15-30/h9-16,23-24,28-29,32,35-37,42,60H,17-22,25-26H2,1-8H3,(H2,49,57)(H,50,54)(H,51,59)/b16-12+,27-13+/t28-,29+,32-,35+,36-,37+,42+,46+,47+/m1/s1. The summed E-state index contributed by atoms with van der Waals surface area (Å²) in [5.41, 5.74) is 5.31. The maximum atomic E-state index is 14.3. The minimum absolute atomic E-state index is 0.0750. The largest absolute Gasteiger partial charge is 0.495 e. The van der Waals surface area contributed by atoms with E-state index >= 15 is 0 Å². The van der Waals surface area contributed by atoms with Crippen LogP contribution in [0.3, 0.4) is 0 Å². The molecule has 0 unspecified atom stereocenters. The number of allylic oxidation sites excluding steroid dienone is 3. The molecule has 3 aliphatic heterocycles. The summed E-state index contributed by atoms with van der Waals surface area (Å²) < 4.78 is 29.4. The number of carbonyl (C=O) groups is 6. The molecular formula is C47H62ClN5O12S2. The van der Waals surface area contributed by atoms with E-state index in [1.54, 1.807) is 45.2 Å². The minimum atomic E-state index is -1.86. The number of primary amides is 1. The van der Waals surface area contributed by atoms with E-state index in [4.69, 9.17) is 41.0 Å². The topological polar surface area (TPSA) is 229 Å². The van der Waals surface area contributed by atoms with Gasteiger partial charge in [-0.15, -0.1) is 0 Å². The fourth-order valence-electron chi connectivity index (χ4n) is 8.11. The number of nitrogens with two attached hydrogens (primary N) is 1. The monoisotopic (exact) mass is 987 g/mol. The van der Waals surface area contributed by atoms with Crippen LogP contribution in [0.2, 0.25) is 5.02 Å². The molecule has 5 rings (SSSR count). The zero-order valence-electron chi connectivity index (χ0n) is 39.1. The van der Waals surface area contributed by atoms with Gasteiger partial charge >= 0.3 is 12.1 Å². The van der Waals surface area contributed by atoms with Crippen LogP contribution in [0.1, 0.15) is 64.5 Å². The van der Waals surface area contributed by atoms with Crippen molar-refractivity contribution in [3.05, 3.63) is 82.4 Å². The number of halogens is 1. The van der Waals surface area contributed by atoms with E-state index in [1.165, 1.54) is 59.6 Å². The number of aliphatic hydroxyl groups is 1. The van der Waals surface area contributed by atoms with E-state index in [0.717, 1.165) is 16.7 Å². The predicted molar refractivity (Wildman–Crippen MR) is 256 cm³/mol. The number of ether oxygens (including phenoxy) is 5. The number of nitrogens with one attached hydrogen (secondary N) is 2. The quantitative estimate of drug-likeness (QED) is 0.0761. The van der Waals surface area contributed by atoms with Gasteiger partial charge in [0.15, 0.2) is 5.72 Å². The van der Waals surface area contributed by atoms with Gasteiger partial charge in [-0.05, 0) is 50.5 Å². The second-order valence-electron chi connectivity index (χ2n) is 17.3. The third kappa shape index (κ3) is 13.7. The Morgan fingerprint density at radius 3 is 2.46 bits per heavy atom. The number of benzene rings is 2. The second kappa shape index (κ2) is 23.5. The van der Waals surface area contributed by atoms with Crippen molar-refractivity contribution < 1.29 is 57.6 Å². The molecule has 4 bridgehead atoms. The molecule has 0 spiro atoms. The van der Waals surface area contributed by atoms with Crippen molar-refractivity contribution in [1.82, 2.24) is 15.5 Å². The van der Waals surface area contributed by atoms with Crippen molar-refractivity contribution in [3.63, 3.8) is 0 Å². The molecule has 20 heteroatoms. The van der Waals surface area contributed by atoms with Gasteiger partial charge < -0.3 is 49.6 Å².